The second-order valence-electron chi connectivity index (χ2n) is 6.29. The molecule has 1 saturated heterocycles. The number of carbonyl (C=O) groups is 2. The van der Waals surface area contributed by atoms with E-state index in [2.05, 4.69) is 0 Å². The minimum Gasteiger partial charge on any atom is -0.450 e. The fourth-order valence-corrected chi connectivity index (χ4v) is 3.35. The van der Waals surface area contributed by atoms with E-state index in [1.807, 2.05) is 43.3 Å². The van der Waals surface area contributed by atoms with Gasteiger partial charge in [-0.2, -0.15) is 0 Å². The molecule has 2 aliphatic heterocycles. The van der Waals surface area contributed by atoms with E-state index in [1.54, 1.807) is 11.8 Å². The zero-order chi connectivity index (χ0) is 16.4. The Labute approximate surface area is 135 Å². The molecule has 1 fully saturated rings. The molecule has 1 amide bonds. The average Bonchev–Trinajstić information content (AvgIpc) is 3.12. The lowest BCUT2D eigenvalue weighted by atomic mass is 9.93. The largest absolute Gasteiger partial charge is 0.450 e. The van der Waals surface area contributed by atoms with E-state index >= 15 is 0 Å². The molecule has 3 rings (SSSR count). The van der Waals surface area contributed by atoms with Gasteiger partial charge in [0.1, 0.15) is 12.2 Å². The van der Waals surface area contributed by atoms with Gasteiger partial charge in [0.25, 0.3) is 0 Å². The highest BCUT2D eigenvalue weighted by atomic mass is 16.6. The number of carbonyl (C=O) groups excluding carboxylic acids is 2. The fraction of sp³-hybridized carbons (Fsp3) is 0.444. The van der Waals surface area contributed by atoms with Crippen LogP contribution in [0.5, 0.6) is 0 Å². The molecule has 122 valence electrons. The highest BCUT2D eigenvalue weighted by molar-refractivity contribution is 5.91. The summed E-state index contributed by atoms with van der Waals surface area (Å²) in [6, 6.07) is 9.41. The predicted molar refractivity (Wildman–Crippen MR) is 84.6 cm³/mol. The Kier molecular flexibility index (Phi) is 4.11. The van der Waals surface area contributed by atoms with Crippen LogP contribution in [-0.2, 0) is 20.9 Å². The Bertz CT molecular complexity index is 640. The Morgan fingerprint density at radius 2 is 2.13 bits per heavy atom. The van der Waals surface area contributed by atoms with Crippen molar-refractivity contribution in [2.75, 3.05) is 6.54 Å². The van der Waals surface area contributed by atoms with E-state index in [0.29, 0.717) is 12.1 Å². The number of benzene rings is 1. The Morgan fingerprint density at radius 3 is 2.78 bits per heavy atom. The second-order valence-corrected chi connectivity index (χ2v) is 6.29. The van der Waals surface area contributed by atoms with Crippen LogP contribution in [0.3, 0.4) is 0 Å². The topological polar surface area (TPSA) is 55.8 Å². The number of likely N-dealkylation sites (tertiary alicyclic amines) is 1. The molecule has 2 aliphatic rings. The van der Waals surface area contributed by atoms with Crippen LogP contribution in [0.4, 0.5) is 4.79 Å². The summed E-state index contributed by atoms with van der Waals surface area (Å²) in [5.41, 5.74) is 0.784. The molecule has 5 heteroatoms. The van der Waals surface area contributed by atoms with Crippen LogP contribution in [-0.4, -0.2) is 35.2 Å². The molecule has 2 atom stereocenters. The normalized spacial score (nSPS) is 26.9. The van der Waals surface area contributed by atoms with Crippen molar-refractivity contribution in [2.45, 2.75) is 44.9 Å². The zero-order valence-corrected chi connectivity index (χ0v) is 13.5. The Hall–Kier alpha value is -2.30. The molecule has 0 aromatic heterocycles. The third kappa shape index (κ3) is 3.09. The Morgan fingerprint density at radius 1 is 1.39 bits per heavy atom. The number of ether oxygens (including phenoxy) is 2. The molecule has 0 bridgehead atoms. The number of cyclic esters (lactones) is 1. The Balaban J connectivity index is 1.67. The molecule has 0 unspecified atom stereocenters. The monoisotopic (exact) mass is 315 g/mol. The van der Waals surface area contributed by atoms with Crippen LogP contribution in [0, 0.1) is 0 Å². The van der Waals surface area contributed by atoms with E-state index in [9.17, 15) is 9.59 Å². The number of rotatable bonds is 3. The minimum absolute atomic E-state index is 0.174. The van der Waals surface area contributed by atoms with Gasteiger partial charge in [0.2, 0.25) is 0 Å². The minimum atomic E-state index is -0.760. The average molecular weight is 315 g/mol. The molecule has 0 saturated carbocycles. The van der Waals surface area contributed by atoms with E-state index in [0.717, 1.165) is 18.4 Å². The summed E-state index contributed by atoms with van der Waals surface area (Å²) in [4.78, 5) is 25.8. The third-order valence-electron chi connectivity index (χ3n) is 4.49. The predicted octanol–water partition coefficient (Wildman–Crippen LogP) is 3.05. The summed E-state index contributed by atoms with van der Waals surface area (Å²) >= 11 is 0. The van der Waals surface area contributed by atoms with E-state index in [-0.39, 0.29) is 24.7 Å². The van der Waals surface area contributed by atoms with Gasteiger partial charge < -0.3 is 14.4 Å². The van der Waals surface area contributed by atoms with Gasteiger partial charge in [-0.25, -0.2) is 9.59 Å². The van der Waals surface area contributed by atoms with Crippen molar-refractivity contribution >= 4 is 12.1 Å². The van der Waals surface area contributed by atoms with E-state index < -0.39 is 5.60 Å². The molecule has 0 aliphatic carbocycles. The molecule has 5 nitrogen and oxygen atoms in total. The van der Waals surface area contributed by atoms with Crippen LogP contribution in [0.1, 0.15) is 32.3 Å². The van der Waals surface area contributed by atoms with Crippen LogP contribution in [0.15, 0.2) is 42.0 Å². The van der Waals surface area contributed by atoms with Gasteiger partial charge in [0.15, 0.2) is 0 Å². The summed E-state index contributed by atoms with van der Waals surface area (Å²) < 4.78 is 10.9. The maximum absolute atomic E-state index is 12.4. The quantitative estimate of drug-likeness (QED) is 0.805. The van der Waals surface area contributed by atoms with Crippen LogP contribution in [0.2, 0.25) is 0 Å². The van der Waals surface area contributed by atoms with Crippen LogP contribution < -0.4 is 0 Å². The molecule has 0 spiro atoms. The second kappa shape index (κ2) is 6.07. The van der Waals surface area contributed by atoms with Gasteiger partial charge in [-0.3, -0.25) is 0 Å². The zero-order valence-electron chi connectivity index (χ0n) is 13.5. The molecule has 1 aromatic carbocycles. The summed E-state index contributed by atoms with van der Waals surface area (Å²) in [5, 5.41) is 0. The highest BCUT2D eigenvalue weighted by Gasteiger charge is 2.48. The summed E-state index contributed by atoms with van der Waals surface area (Å²) in [5.74, 6) is -0.308. The van der Waals surface area contributed by atoms with Gasteiger partial charge in [-0.1, -0.05) is 30.3 Å². The summed E-state index contributed by atoms with van der Waals surface area (Å²) in [6.45, 7) is 4.46. The number of hydrogen-bond donors (Lipinski definition) is 0. The first-order chi connectivity index (χ1) is 11.0. The van der Waals surface area contributed by atoms with Gasteiger partial charge in [-0.05, 0) is 38.3 Å². The first-order valence-electron chi connectivity index (χ1n) is 7.90. The molecule has 1 aromatic rings. The van der Waals surface area contributed by atoms with Gasteiger partial charge >= 0.3 is 12.1 Å². The van der Waals surface area contributed by atoms with Gasteiger partial charge in [0.05, 0.1) is 6.04 Å². The molecule has 0 radical (unpaired) electrons. The number of hydrogen-bond acceptors (Lipinski definition) is 4. The first-order valence-corrected chi connectivity index (χ1v) is 7.90. The molecule has 2 heterocycles. The smallest absolute Gasteiger partial charge is 0.410 e. The lowest BCUT2D eigenvalue weighted by Gasteiger charge is -2.34. The van der Waals surface area contributed by atoms with Crippen molar-refractivity contribution < 1.29 is 19.1 Å². The fourth-order valence-electron chi connectivity index (χ4n) is 3.35. The van der Waals surface area contributed by atoms with Crippen molar-refractivity contribution in [2.24, 2.45) is 0 Å². The van der Waals surface area contributed by atoms with Crippen molar-refractivity contribution in [1.29, 1.82) is 0 Å². The van der Waals surface area contributed by atoms with Crippen molar-refractivity contribution in [1.82, 2.24) is 4.90 Å². The first kappa shape index (κ1) is 15.6. The van der Waals surface area contributed by atoms with Crippen molar-refractivity contribution in [3.8, 4) is 0 Å². The molecule has 0 N–H and O–H groups in total. The van der Waals surface area contributed by atoms with E-state index in [1.165, 1.54) is 0 Å². The third-order valence-corrected chi connectivity index (χ3v) is 4.49. The highest BCUT2D eigenvalue weighted by Crippen LogP contribution is 2.36. The SMILES string of the molecule is CC1=C[C@@](C)([C@H]2CCCN2C(=O)OCc2ccccc2)OC1=O. The van der Waals surface area contributed by atoms with E-state index in [4.69, 9.17) is 9.47 Å². The number of esters is 1. The lowest BCUT2D eigenvalue weighted by Crippen LogP contribution is -2.49. The summed E-state index contributed by atoms with van der Waals surface area (Å²) in [6.07, 6.45) is 3.15. The number of amides is 1. The summed E-state index contributed by atoms with van der Waals surface area (Å²) in [7, 11) is 0. The van der Waals surface area contributed by atoms with Gasteiger partial charge in [0, 0.05) is 12.1 Å². The maximum Gasteiger partial charge on any atom is 0.410 e. The van der Waals surface area contributed by atoms with Crippen LogP contribution >= 0.6 is 0 Å². The van der Waals surface area contributed by atoms with Crippen molar-refractivity contribution in [3.63, 3.8) is 0 Å². The number of nitrogens with zero attached hydrogens (tertiary/aromatic N) is 1. The lowest BCUT2D eigenvalue weighted by molar-refractivity contribution is -0.149. The van der Waals surface area contributed by atoms with Gasteiger partial charge in [-0.15, -0.1) is 0 Å². The van der Waals surface area contributed by atoms with Crippen molar-refractivity contribution in [3.05, 3.63) is 47.5 Å². The molecular formula is C18H21NO4. The maximum atomic E-state index is 12.4. The van der Waals surface area contributed by atoms with Crippen LogP contribution in [0.25, 0.3) is 0 Å². The molecule has 23 heavy (non-hydrogen) atoms. The molecular weight excluding hydrogens is 294 g/mol. The standard InChI is InChI=1S/C18H21NO4/c1-13-11-18(2,23-16(13)20)15-9-6-10-19(15)17(21)22-12-14-7-4-3-5-8-14/h3-5,7-8,11,15H,6,9-10,12H2,1-2H3/t15-,18+/m1/s1.